The molecule has 0 bridgehead atoms. The van der Waals surface area contributed by atoms with Gasteiger partial charge in [-0.15, -0.1) is 12.4 Å². The van der Waals surface area contributed by atoms with Gasteiger partial charge in [-0.3, -0.25) is 14.1 Å². The lowest BCUT2D eigenvalue weighted by molar-refractivity contribution is -0.902. The third-order valence-corrected chi connectivity index (χ3v) is 1.96. The number of halogens is 3. The lowest BCUT2D eigenvalue weighted by Crippen LogP contribution is -3.00. The molecular formula is C9H19Cl2FN2O4. The van der Waals surface area contributed by atoms with Crippen molar-refractivity contribution in [3.05, 3.63) is 0 Å². The van der Waals surface area contributed by atoms with E-state index in [0.29, 0.717) is 6.54 Å². The fourth-order valence-electron chi connectivity index (χ4n) is 0.832. The smallest absolute Gasteiger partial charge is 0.323 e. The van der Waals surface area contributed by atoms with Crippen molar-refractivity contribution in [2.75, 3.05) is 34.0 Å². The highest BCUT2D eigenvalue weighted by Gasteiger charge is 2.20. The molecule has 1 unspecified atom stereocenters. The number of hydrogen-bond acceptors (Lipinski definition) is 4. The van der Waals surface area contributed by atoms with Crippen LogP contribution in [0.5, 0.6) is 0 Å². The molecule has 0 aliphatic carbocycles. The second-order valence-corrected chi connectivity index (χ2v) is 4.15. The van der Waals surface area contributed by atoms with Crippen LogP contribution in [0.15, 0.2) is 0 Å². The molecule has 0 heterocycles. The van der Waals surface area contributed by atoms with Gasteiger partial charge < -0.3 is 28.0 Å². The third kappa shape index (κ3) is 10.5. The predicted octanol–water partition coefficient (Wildman–Crippen LogP) is -3.24. The topological polar surface area (TPSA) is 89.6 Å². The van der Waals surface area contributed by atoms with E-state index in [1.54, 1.807) is 14.1 Å². The Balaban J connectivity index is -0.00000112. The normalized spacial score (nSPS) is 11.8. The highest BCUT2D eigenvalue weighted by Crippen LogP contribution is 1.98. The van der Waals surface area contributed by atoms with Crippen molar-refractivity contribution in [3.8, 4) is 0 Å². The SMILES string of the molecule is C[N+](C)(CF)CCOC(=O)C(N)CC(=O)O.Cl.[Cl-]. The summed E-state index contributed by atoms with van der Waals surface area (Å²) in [4.78, 5) is 21.4. The third-order valence-electron chi connectivity index (χ3n) is 1.96. The number of quaternary nitrogens is 1. The molecule has 0 radical (unpaired) electrons. The number of hydrogen-bond donors (Lipinski definition) is 2. The molecule has 0 aromatic carbocycles. The Labute approximate surface area is 118 Å². The summed E-state index contributed by atoms with van der Waals surface area (Å²) in [5, 5.41) is 8.39. The molecule has 0 saturated carbocycles. The van der Waals surface area contributed by atoms with Gasteiger partial charge in [0.15, 0.2) is 0 Å². The minimum Gasteiger partial charge on any atom is -1.00 e. The maximum atomic E-state index is 12.4. The molecule has 0 fully saturated rings. The average molecular weight is 309 g/mol. The van der Waals surface area contributed by atoms with Crippen molar-refractivity contribution < 1.29 is 40.7 Å². The average Bonchev–Trinajstić information content (AvgIpc) is 2.16. The Morgan fingerprint density at radius 2 is 1.94 bits per heavy atom. The van der Waals surface area contributed by atoms with Gasteiger partial charge in [0.05, 0.1) is 20.5 Å². The van der Waals surface area contributed by atoms with E-state index in [1.165, 1.54) is 0 Å². The number of carboxylic acids is 1. The monoisotopic (exact) mass is 308 g/mol. The number of nitrogens with two attached hydrogens (primary N) is 1. The molecule has 0 aliphatic rings. The van der Waals surface area contributed by atoms with Crippen LogP contribution in [-0.4, -0.2) is 61.6 Å². The molecule has 0 aromatic heterocycles. The number of rotatable bonds is 7. The Morgan fingerprint density at radius 3 is 2.33 bits per heavy atom. The first-order valence-corrected chi connectivity index (χ1v) is 4.80. The van der Waals surface area contributed by atoms with Crippen LogP contribution in [0.3, 0.4) is 0 Å². The molecule has 9 heteroatoms. The summed E-state index contributed by atoms with van der Waals surface area (Å²) >= 11 is 0. The fourth-order valence-corrected chi connectivity index (χ4v) is 0.832. The van der Waals surface area contributed by atoms with Crippen molar-refractivity contribution in [1.82, 2.24) is 0 Å². The summed E-state index contributed by atoms with van der Waals surface area (Å²) in [5.74, 6) is -1.94. The molecule has 6 nitrogen and oxygen atoms in total. The standard InChI is InChI=1S/C9H17FN2O4.2ClH/c1-12(2,6-10)3-4-16-9(15)7(11)5-8(13)14;;/h7H,3-6,11H2,1-2H3;2*1H. The van der Waals surface area contributed by atoms with Gasteiger partial charge in [-0.05, 0) is 0 Å². The summed E-state index contributed by atoms with van der Waals surface area (Å²) in [5.41, 5.74) is 5.27. The number of aliphatic carboxylic acids is 1. The van der Waals surface area contributed by atoms with E-state index in [9.17, 15) is 14.0 Å². The fraction of sp³-hybridized carbons (Fsp3) is 0.778. The summed E-state index contributed by atoms with van der Waals surface area (Å²) < 4.78 is 17.2. The Kier molecular flexibility index (Phi) is 12.9. The number of carboxylic acid groups (broad SMARTS) is 1. The van der Waals surface area contributed by atoms with Gasteiger partial charge in [-0.1, -0.05) is 0 Å². The predicted molar refractivity (Wildman–Crippen MR) is 61.4 cm³/mol. The van der Waals surface area contributed by atoms with Crippen LogP contribution in [-0.2, 0) is 14.3 Å². The number of nitrogens with zero attached hydrogens (tertiary/aromatic N) is 1. The first-order chi connectivity index (χ1) is 7.28. The lowest BCUT2D eigenvalue weighted by Gasteiger charge is -2.25. The van der Waals surface area contributed by atoms with Gasteiger partial charge in [0, 0.05) is 0 Å². The zero-order valence-corrected chi connectivity index (χ0v) is 11.8. The van der Waals surface area contributed by atoms with Gasteiger partial charge in [0.1, 0.15) is 19.2 Å². The molecule has 0 aromatic rings. The minimum atomic E-state index is -1.17. The van der Waals surface area contributed by atoms with Crippen LogP contribution >= 0.6 is 12.4 Å². The number of carbonyl (C=O) groups is 2. The Bertz CT molecular complexity index is 267. The highest BCUT2D eigenvalue weighted by molar-refractivity contribution is 5.85. The minimum absolute atomic E-state index is 0. The maximum Gasteiger partial charge on any atom is 0.323 e. The number of ether oxygens (including phenoxy) is 1. The van der Waals surface area contributed by atoms with E-state index in [1.807, 2.05) is 0 Å². The van der Waals surface area contributed by atoms with Crippen LogP contribution in [0, 0.1) is 0 Å². The van der Waals surface area contributed by atoms with E-state index in [2.05, 4.69) is 0 Å². The Morgan fingerprint density at radius 1 is 1.44 bits per heavy atom. The molecule has 0 saturated heterocycles. The van der Waals surface area contributed by atoms with E-state index in [-0.39, 0.29) is 35.9 Å². The van der Waals surface area contributed by atoms with Gasteiger partial charge in [0.25, 0.3) is 0 Å². The van der Waals surface area contributed by atoms with Crippen LogP contribution in [0.1, 0.15) is 6.42 Å². The largest absolute Gasteiger partial charge is 1.00 e. The molecule has 18 heavy (non-hydrogen) atoms. The zero-order chi connectivity index (χ0) is 12.8. The Hall–Kier alpha value is -0.630. The van der Waals surface area contributed by atoms with Gasteiger partial charge in [0.2, 0.25) is 6.80 Å². The van der Waals surface area contributed by atoms with Crippen molar-refractivity contribution in [2.45, 2.75) is 12.5 Å². The second-order valence-electron chi connectivity index (χ2n) is 4.15. The summed E-state index contributed by atoms with van der Waals surface area (Å²) in [7, 11) is 3.29. The first kappa shape index (κ1) is 22.5. The van der Waals surface area contributed by atoms with Crippen LogP contribution in [0.25, 0.3) is 0 Å². The summed E-state index contributed by atoms with van der Waals surface area (Å²) in [6.07, 6.45) is -0.472. The molecule has 0 aliphatic heterocycles. The number of carbonyl (C=O) groups excluding carboxylic acids is 1. The zero-order valence-electron chi connectivity index (χ0n) is 10.3. The number of likely N-dealkylation sites (N-methyl/N-ethyl adjacent to an activating group) is 1. The van der Waals surface area contributed by atoms with Crippen molar-refractivity contribution in [3.63, 3.8) is 0 Å². The van der Waals surface area contributed by atoms with Crippen molar-refractivity contribution in [2.24, 2.45) is 5.73 Å². The first-order valence-electron chi connectivity index (χ1n) is 4.80. The summed E-state index contributed by atoms with van der Waals surface area (Å²) in [6, 6.07) is -1.17. The van der Waals surface area contributed by atoms with Crippen LogP contribution < -0.4 is 18.1 Å². The van der Waals surface area contributed by atoms with E-state index in [0.717, 1.165) is 0 Å². The highest BCUT2D eigenvalue weighted by atomic mass is 35.5. The van der Waals surface area contributed by atoms with Gasteiger partial charge in [-0.2, -0.15) is 4.39 Å². The molecule has 1 atom stereocenters. The number of alkyl halides is 1. The molecule has 0 rings (SSSR count). The van der Waals surface area contributed by atoms with E-state index >= 15 is 0 Å². The van der Waals surface area contributed by atoms with Gasteiger partial charge in [-0.25, -0.2) is 0 Å². The van der Waals surface area contributed by atoms with Gasteiger partial charge >= 0.3 is 11.9 Å². The quantitative estimate of drug-likeness (QED) is 0.293. The van der Waals surface area contributed by atoms with Crippen molar-refractivity contribution in [1.29, 1.82) is 0 Å². The van der Waals surface area contributed by atoms with E-state index in [4.69, 9.17) is 15.6 Å². The molecule has 0 spiro atoms. The summed E-state index contributed by atoms with van der Waals surface area (Å²) in [6.45, 7) is -0.246. The van der Waals surface area contributed by atoms with E-state index < -0.39 is 31.2 Å². The molecule has 0 amide bonds. The van der Waals surface area contributed by atoms with Crippen molar-refractivity contribution >= 4 is 24.3 Å². The maximum absolute atomic E-state index is 12.4. The number of esters is 1. The van der Waals surface area contributed by atoms with Crippen LogP contribution in [0.4, 0.5) is 4.39 Å². The molecule has 110 valence electrons. The molecule has 3 N–H and O–H groups in total. The van der Waals surface area contributed by atoms with Crippen LogP contribution in [0.2, 0.25) is 0 Å². The lowest BCUT2D eigenvalue weighted by atomic mass is 10.2. The molecular weight excluding hydrogens is 290 g/mol. The second kappa shape index (κ2) is 10.3.